The average molecular weight is 342 g/mol. The Hall–Kier alpha value is -2.50. The van der Waals surface area contributed by atoms with Crippen LogP contribution in [0, 0.1) is 12.8 Å². The van der Waals surface area contributed by atoms with Gasteiger partial charge < -0.3 is 10.1 Å². The number of carbonyl (C=O) groups excluding carboxylic acids is 1. The number of para-hydroxylation sites is 1. The van der Waals surface area contributed by atoms with Gasteiger partial charge >= 0.3 is 6.03 Å². The van der Waals surface area contributed by atoms with Crippen LogP contribution in [0.15, 0.2) is 30.5 Å². The zero-order valence-corrected chi connectivity index (χ0v) is 15.1. The summed E-state index contributed by atoms with van der Waals surface area (Å²) >= 11 is 0. The highest BCUT2D eigenvalue weighted by molar-refractivity contribution is 5.89. The highest BCUT2D eigenvalue weighted by Crippen LogP contribution is 2.40. The van der Waals surface area contributed by atoms with Crippen LogP contribution in [-0.2, 0) is 6.42 Å². The number of nitrogens with zero attached hydrogens (tertiary/aromatic N) is 2. The van der Waals surface area contributed by atoms with E-state index in [2.05, 4.69) is 22.7 Å². The number of benzene rings is 1. The summed E-state index contributed by atoms with van der Waals surface area (Å²) in [4.78, 5) is 12.3. The number of urea groups is 1. The Kier molecular flexibility index (Phi) is 5.26. The highest BCUT2D eigenvalue weighted by atomic mass is 16.5. The van der Waals surface area contributed by atoms with Crippen LogP contribution in [0.1, 0.15) is 36.9 Å². The van der Waals surface area contributed by atoms with Crippen LogP contribution < -0.4 is 15.4 Å². The molecule has 1 fully saturated rings. The van der Waals surface area contributed by atoms with E-state index in [0.717, 1.165) is 22.7 Å². The van der Waals surface area contributed by atoms with E-state index in [1.165, 1.54) is 12.8 Å². The lowest BCUT2D eigenvalue weighted by Gasteiger charge is -2.16. The molecule has 0 saturated heterocycles. The van der Waals surface area contributed by atoms with Gasteiger partial charge in [-0.2, -0.15) is 5.10 Å². The fourth-order valence-corrected chi connectivity index (χ4v) is 3.06. The summed E-state index contributed by atoms with van der Waals surface area (Å²) in [5.41, 5.74) is 2.06. The third kappa shape index (κ3) is 4.13. The van der Waals surface area contributed by atoms with Gasteiger partial charge in [-0.05, 0) is 50.7 Å². The monoisotopic (exact) mass is 342 g/mol. The van der Waals surface area contributed by atoms with Crippen molar-refractivity contribution in [2.45, 2.75) is 39.2 Å². The molecule has 1 aliphatic rings. The smallest absolute Gasteiger partial charge is 0.320 e. The van der Waals surface area contributed by atoms with E-state index in [1.807, 2.05) is 42.1 Å². The van der Waals surface area contributed by atoms with E-state index >= 15 is 0 Å². The van der Waals surface area contributed by atoms with Crippen molar-refractivity contribution in [1.29, 1.82) is 0 Å². The zero-order valence-electron chi connectivity index (χ0n) is 15.1. The van der Waals surface area contributed by atoms with E-state index in [0.29, 0.717) is 24.9 Å². The number of aryl methyl sites for hydroxylation is 1. The third-order valence-corrected chi connectivity index (χ3v) is 4.77. The maximum atomic E-state index is 12.3. The lowest BCUT2D eigenvalue weighted by atomic mass is 10.1. The molecule has 0 aliphatic heterocycles. The summed E-state index contributed by atoms with van der Waals surface area (Å²) in [5, 5.41) is 10.3. The molecule has 1 saturated carbocycles. The second kappa shape index (κ2) is 7.59. The summed E-state index contributed by atoms with van der Waals surface area (Å²) in [6.45, 7) is 4.67. The van der Waals surface area contributed by atoms with E-state index < -0.39 is 0 Å². The Bertz CT molecular complexity index is 737. The van der Waals surface area contributed by atoms with E-state index in [-0.39, 0.29) is 6.03 Å². The van der Waals surface area contributed by atoms with Crippen LogP contribution in [-0.4, -0.2) is 29.5 Å². The topological polar surface area (TPSA) is 68.2 Å². The van der Waals surface area contributed by atoms with Crippen LogP contribution in [0.3, 0.4) is 0 Å². The van der Waals surface area contributed by atoms with Gasteiger partial charge in [-0.3, -0.25) is 5.32 Å². The fraction of sp³-hybridized carbons (Fsp3) is 0.474. The maximum Gasteiger partial charge on any atom is 0.320 e. The second-order valence-corrected chi connectivity index (χ2v) is 6.64. The van der Waals surface area contributed by atoms with Gasteiger partial charge in [0.15, 0.2) is 0 Å². The molecule has 25 heavy (non-hydrogen) atoms. The quantitative estimate of drug-likeness (QED) is 0.809. The number of carbonyl (C=O) groups is 1. The second-order valence-electron chi connectivity index (χ2n) is 6.64. The van der Waals surface area contributed by atoms with Crippen LogP contribution in [0.5, 0.6) is 5.75 Å². The van der Waals surface area contributed by atoms with Gasteiger partial charge in [0, 0.05) is 12.1 Å². The maximum absolute atomic E-state index is 12.3. The SMILES string of the molecule is COc1ccccc1CCNC(=O)Nc1c(C)cnn1[C@@H](C)C1CC1. The minimum atomic E-state index is -0.206. The lowest BCUT2D eigenvalue weighted by Crippen LogP contribution is -2.32. The molecular formula is C19H26N4O2. The number of hydrogen-bond acceptors (Lipinski definition) is 3. The molecule has 6 nitrogen and oxygen atoms in total. The molecule has 134 valence electrons. The first kappa shape index (κ1) is 17.3. The van der Waals surface area contributed by atoms with Crippen molar-refractivity contribution in [3.05, 3.63) is 41.6 Å². The number of nitrogens with one attached hydrogen (secondary N) is 2. The summed E-state index contributed by atoms with van der Waals surface area (Å²) in [6, 6.07) is 7.96. The molecule has 2 amide bonds. The van der Waals surface area contributed by atoms with Crippen molar-refractivity contribution in [3.63, 3.8) is 0 Å². The molecule has 1 aromatic heterocycles. The molecule has 6 heteroatoms. The molecule has 1 atom stereocenters. The number of methoxy groups -OCH3 is 1. The molecule has 1 aromatic carbocycles. The number of anilines is 1. The predicted octanol–water partition coefficient (Wildman–Crippen LogP) is 3.54. The molecule has 1 heterocycles. The van der Waals surface area contributed by atoms with Gasteiger partial charge in [-0.15, -0.1) is 0 Å². The molecule has 2 aromatic rings. The first-order chi connectivity index (χ1) is 12.1. The minimum absolute atomic E-state index is 0.206. The standard InChI is InChI=1S/C19H26N4O2/c1-13-12-21-23(14(2)15-8-9-15)18(13)22-19(24)20-11-10-16-6-4-5-7-17(16)25-3/h4-7,12,14-15H,8-11H2,1-3H3,(H2,20,22,24)/t14-/m0/s1. The largest absolute Gasteiger partial charge is 0.496 e. The number of ether oxygens (including phenoxy) is 1. The van der Waals surface area contributed by atoms with Crippen molar-refractivity contribution in [3.8, 4) is 5.75 Å². The van der Waals surface area contributed by atoms with Gasteiger partial charge in [0.25, 0.3) is 0 Å². The molecular weight excluding hydrogens is 316 g/mol. The number of aromatic nitrogens is 2. The fourth-order valence-electron chi connectivity index (χ4n) is 3.06. The van der Waals surface area contributed by atoms with Crippen LogP contribution in [0.4, 0.5) is 10.6 Å². The Morgan fingerprint density at radius 3 is 2.88 bits per heavy atom. The van der Waals surface area contributed by atoms with Gasteiger partial charge in [0.05, 0.1) is 19.3 Å². The summed E-state index contributed by atoms with van der Waals surface area (Å²) in [7, 11) is 1.66. The molecule has 0 bridgehead atoms. The molecule has 3 rings (SSSR count). The van der Waals surface area contributed by atoms with E-state index in [9.17, 15) is 4.79 Å². The normalized spacial score (nSPS) is 14.8. The van der Waals surface area contributed by atoms with Crippen molar-refractivity contribution < 1.29 is 9.53 Å². The van der Waals surface area contributed by atoms with Crippen LogP contribution >= 0.6 is 0 Å². The number of amides is 2. The highest BCUT2D eigenvalue weighted by Gasteiger charge is 2.31. The van der Waals surface area contributed by atoms with E-state index in [1.54, 1.807) is 7.11 Å². The van der Waals surface area contributed by atoms with Crippen molar-refractivity contribution >= 4 is 11.8 Å². The zero-order chi connectivity index (χ0) is 17.8. The summed E-state index contributed by atoms with van der Waals surface area (Å²) in [5.74, 6) is 2.31. The molecule has 0 unspecified atom stereocenters. The van der Waals surface area contributed by atoms with Crippen molar-refractivity contribution in [2.75, 3.05) is 19.0 Å². The Labute approximate surface area is 148 Å². The summed E-state index contributed by atoms with van der Waals surface area (Å²) in [6.07, 6.45) is 5.01. The molecule has 1 aliphatic carbocycles. The molecule has 0 spiro atoms. The Morgan fingerprint density at radius 2 is 2.16 bits per heavy atom. The number of hydrogen-bond donors (Lipinski definition) is 2. The number of rotatable bonds is 7. The third-order valence-electron chi connectivity index (χ3n) is 4.77. The van der Waals surface area contributed by atoms with Crippen molar-refractivity contribution in [1.82, 2.24) is 15.1 Å². The van der Waals surface area contributed by atoms with E-state index in [4.69, 9.17) is 4.74 Å². The Morgan fingerprint density at radius 1 is 1.40 bits per heavy atom. The molecule has 2 N–H and O–H groups in total. The summed E-state index contributed by atoms with van der Waals surface area (Å²) < 4.78 is 7.27. The lowest BCUT2D eigenvalue weighted by molar-refractivity contribution is 0.252. The average Bonchev–Trinajstić information content (AvgIpc) is 3.40. The van der Waals surface area contributed by atoms with Gasteiger partial charge in [-0.25, -0.2) is 9.48 Å². The van der Waals surface area contributed by atoms with Gasteiger partial charge in [0.1, 0.15) is 11.6 Å². The van der Waals surface area contributed by atoms with Crippen LogP contribution in [0.25, 0.3) is 0 Å². The van der Waals surface area contributed by atoms with Crippen molar-refractivity contribution in [2.24, 2.45) is 5.92 Å². The van der Waals surface area contributed by atoms with Gasteiger partial charge in [0.2, 0.25) is 0 Å². The Balaban J connectivity index is 1.55. The molecule has 0 radical (unpaired) electrons. The first-order valence-corrected chi connectivity index (χ1v) is 8.81. The van der Waals surface area contributed by atoms with Gasteiger partial charge in [-0.1, -0.05) is 18.2 Å². The predicted molar refractivity (Wildman–Crippen MR) is 98.1 cm³/mol. The first-order valence-electron chi connectivity index (χ1n) is 8.81. The minimum Gasteiger partial charge on any atom is -0.496 e. The van der Waals surface area contributed by atoms with Crippen LogP contribution in [0.2, 0.25) is 0 Å².